The molecule has 4 rings (SSSR count). The van der Waals surface area contributed by atoms with Gasteiger partial charge in [-0.3, -0.25) is 19.7 Å². The van der Waals surface area contributed by atoms with E-state index >= 15 is 0 Å². The third-order valence-corrected chi connectivity index (χ3v) is 6.46. The van der Waals surface area contributed by atoms with E-state index < -0.39 is 30.4 Å². The van der Waals surface area contributed by atoms with Crippen molar-refractivity contribution in [3.05, 3.63) is 86.3 Å². The molecule has 1 heterocycles. The fourth-order valence-electron chi connectivity index (χ4n) is 3.61. The van der Waals surface area contributed by atoms with Gasteiger partial charge in [-0.1, -0.05) is 51.3 Å². The lowest BCUT2D eigenvalue weighted by Gasteiger charge is -2.26. The Morgan fingerprint density at radius 2 is 1.74 bits per heavy atom. The van der Waals surface area contributed by atoms with Gasteiger partial charge in [0.05, 0.1) is 28.0 Å². The van der Waals surface area contributed by atoms with E-state index in [1.54, 1.807) is 55.5 Å². The molecule has 0 spiro atoms. The van der Waals surface area contributed by atoms with Crippen molar-refractivity contribution < 1.29 is 28.7 Å². The number of ether oxygens (including phenoxy) is 2. The third-order valence-electron chi connectivity index (χ3n) is 5.32. The van der Waals surface area contributed by atoms with Gasteiger partial charge in [0.1, 0.15) is 5.57 Å². The van der Waals surface area contributed by atoms with Crippen molar-refractivity contribution in [2.24, 2.45) is 0 Å². The number of hydrogen-bond donors (Lipinski definition) is 2. The van der Waals surface area contributed by atoms with E-state index in [-0.39, 0.29) is 34.4 Å². The van der Waals surface area contributed by atoms with Crippen LogP contribution in [-0.2, 0) is 14.4 Å². The number of benzene rings is 3. The second kappa shape index (κ2) is 12.3. The summed E-state index contributed by atoms with van der Waals surface area (Å²) in [7, 11) is 0. The SMILES string of the molecule is CCOc1cc(/C=C2\C(=O)NC(=O)N(c3ccc(Br)cc3)C2=O)cc(Cl)c1OCC(=O)Nc1ccccc1Cl. The molecule has 3 aromatic carbocycles. The quantitative estimate of drug-likeness (QED) is 0.238. The van der Waals surface area contributed by atoms with Crippen LogP contribution in [0.4, 0.5) is 16.2 Å². The minimum Gasteiger partial charge on any atom is -0.490 e. The lowest BCUT2D eigenvalue weighted by atomic mass is 10.1. The Hall–Kier alpha value is -3.86. The van der Waals surface area contributed by atoms with E-state index in [1.807, 2.05) is 0 Å². The Balaban J connectivity index is 1.58. The molecule has 0 saturated carbocycles. The molecule has 0 radical (unpaired) electrons. The van der Waals surface area contributed by atoms with Gasteiger partial charge >= 0.3 is 6.03 Å². The van der Waals surface area contributed by atoms with Crippen LogP contribution >= 0.6 is 39.1 Å². The Kier molecular flexibility index (Phi) is 8.90. The molecule has 2 N–H and O–H groups in total. The Labute approximate surface area is 241 Å². The number of nitrogens with one attached hydrogen (secondary N) is 2. The molecule has 5 amide bonds. The van der Waals surface area contributed by atoms with Gasteiger partial charge in [-0.05, 0) is 67.1 Å². The van der Waals surface area contributed by atoms with Crippen LogP contribution < -0.4 is 25.0 Å². The van der Waals surface area contributed by atoms with Crippen LogP contribution in [0.25, 0.3) is 6.08 Å². The van der Waals surface area contributed by atoms with Crippen LogP contribution in [0.1, 0.15) is 12.5 Å². The minimum atomic E-state index is -0.865. The highest BCUT2D eigenvalue weighted by molar-refractivity contribution is 9.10. The van der Waals surface area contributed by atoms with Gasteiger partial charge in [0.15, 0.2) is 18.1 Å². The first-order valence-corrected chi connectivity index (χ1v) is 13.0. The monoisotopic (exact) mass is 631 g/mol. The zero-order chi connectivity index (χ0) is 28.1. The average Bonchev–Trinajstić information content (AvgIpc) is 2.88. The standard InChI is InChI=1S/C27H20BrCl2N3O6/c1-2-38-22-13-15(12-20(30)24(22)39-14-23(34)31-21-6-4-3-5-19(21)29)11-18-25(35)32-27(37)33(26(18)36)17-9-7-16(28)8-10-17/h3-13H,2,14H2,1H3,(H,31,34)(H,32,35,37)/b18-11+. The van der Waals surface area contributed by atoms with Gasteiger partial charge in [-0.2, -0.15) is 0 Å². The summed E-state index contributed by atoms with van der Waals surface area (Å²) in [5.74, 6) is -1.86. The highest BCUT2D eigenvalue weighted by Gasteiger charge is 2.36. The van der Waals surface area contributed by atoms with E-state index in [4.69, 9.17) is 32.7 Å². The van der Waals surface area contributed by atoms with Crippen molar-refractivity contribution in [3.63, 3.8) is 0 Å². The maximum atomic E-state index is 13.2. The van der Waals surface area contributed by atoms with E-state index in [9.17, 15) is 19.2 Å². The second-order valence-electron chi connectivity index (χ2n) is 8.01. The van der Waals surface area contributed by atoms with Gasteiger partial charge < -0.3 is 14.8 Å². The molecule has 39 heavy (non-hydrogen) atoms. The molecule has 3 aromatic rings. The summed E-state index contributed by atoms with van der Waals surface area (Å²) in [6.07, 6.45) is 1.29. The molecule has 0 unspecified atom stereocenters. The van der Waals surface area contributed by atoms with Gasteiger partial charge in [0, 0.05) is 4.47 Å². The number of barbiturate groups is 1. The topological polar surface area (TPSA) is 114 Å². The highest BCUT2D eigenvalue weighted by atomic mass is 79.9. The van der Waals surface area contributed by atoms with Crippen molar-refractivity contribution >= 4 is 80.3 Å². The number of carbonyl (C=O) groups is 4. The predicted molar refractivity (Wildman–Crippen MR) is 151 cm³/mol. The molecule has 1 aliphatic rings. The fraction of sp³-hybridized carbons (Fsp3) is 0.111. The molecule has 1 saturated heterocycles. The molecule has 0 bridgehead atoms. The molecule has 1 aliphatic heterocycles. The molecule has 12 heteroatoms. The second-order valence-corrected chi connectivity index (χ2v) is 9.74. The van der Waals surface area contributed by atoms with Gasteiger partial charge in [-0.15, -0.1) is 0 Å². The Morgan fingerprint density at radius 1 is 1.03 bits per heavy atom. The third kappa shape index (κ3) is 6.59. The maximum absolute atomic E-state index is 13.2. The lowest BCUT2D eigenvalue weighted by Crippen LogP contribution is -2.54. The van der Waals surface area contributed by atoms with E-state index in [2.05, 4.69) is 26.6 Å². The number of nitrogens with zero attached hydrogens (tertiary/aromatic N) is 1. The largest absolute Gasteiger partial charge is 0.490 e. The van der Waals surface area contributed by atoms with Crippen LogP contribution in [-0.4, -0.2) is 37.0 Å². The number of carbonyl (C=O) groups excluding carboxylic acids is 4. The highest BCUT2D eigenvalue weighted by Crippen LogP contribution is 2.38. The first-order chi connectivity index (χ1) is 18.7. The zero-order valence-electron chi connectivity index (χ0n) is 20.3. The summed E-state index contributed by atoms with van der Waals surface area (Å²) < 4.78 is 12.0. The van der Waals surface area contributed by atoms with Crippen LogP contribution in [0.2, 0.25) is 10.0 Å². The number of para-hydroxylation sites is 1. The summed E-state index contributed by atoms with van der Waals surface area (Å²) in [4.78, 5) is 51.4. The first-order valence-electron chi connectivity index (χ1n) is 11.5. The van der Waals surface area contributed by atoms with Crippen molar-refractivity contribution in [2.75, 3.05) is 23.4 Å². The van der Waals surface area contributed by atoms with Crippen LogP contribution in [0.15, 0.2) is 70.7 Å². The van der Waals surface area contributed by atoms with Crippen molar-refractivity contribution in [1.82, 2.24) is 5.32 Å². The van der Waals surface area contributed by atoms with E-state index in [1.165, 1.54) is 18.2 Å². The molecular formula is C27H20BrCl2N3O6. The molecule has 9 nitrogen and oxygen atoms in total. The molecule has 200 valence electrons. The summed E-state index contributed by atoms with van der Waals surface area (Å²) in [5.41, 5.74) is 0.756. The zero-order valence-corrected chi connectivity index (χ0v) is 23.4. The number of urea groups is 1. The van der Waals surface area contributed by atoms with Gasteiger partial charge in [0.2, 0.25) is 0 Å². The fourth-order valence-corrected chi connectivity index (χ4v) is 4.33. The summed E-state index contributed by atoms with van der Waals surface area (Å²) in [5, 5.41) is 5.26. The van der Waals surface area contributed by atoms with Crippen LogP contribution in [0.3, 0.4) is 0 Å². The lowest BCUT2D eigenvalue weighted by molar-refractivity contribution is -0.122. The summed E-state index contributed by atoms with van der Waals surface area (Å²) in [6, 6.07) is 15.3. The van der Waals surface area contributed by atoms with Crippen molar-refractivity contribution in [3.8, 4) is 11.5 Å². The maximum Gasteiger partial charge on any atom is 0.335 e. The number of anilines is 2. The normalized spacial score (nSPS) is 14.3. The number of imide groups is 2. The molecule has 0 atom stereocenters. The first kappa shape index (κ1) is 28.2. The smallest absolute Gasteiger partial charge is 0.335 e. The minimum absolute atomic E-state index is 0.0721. The molecule has 1 fully saturated rings. The van der Waals surface area contributed by atoms with Crippen LogP contribution in [0.5, 0.6) is 11.5 Å². The number of halogens is 3. The van der Waals surface area contributed by atoms with Gasteiger partial charge in [-0.25, -0.2) is 9.69 Å². The van der Waals surface area contributed by atoms with Gasteiger partial charge in [0.25, 0.3) is 17.7 Å². The number of amides is 5. The Morgan fingerprint density at radius 3 is 2.44 bits per heavy atom. The van der Waals surface area contributed by atoms with Crippen LogP contribution in [0, 0.1) is 0 Å². The molecule has 0 aliphatic carbocycles. The Bertz CT molecular complexity index is 1490. The summed E-state index contributed by atoms with van der Waals surface area (Å²) >= 11 is 15.8. The summed E-state index contributed by atoms with van der Waals surface area (Å²) in [6.45, 7) is 1.59. The van der Waals surface area contributed by atoms with E-state index in [0.717, 1.165) is 9.37 Å². The van der Waals surface area contributed by atoms with Crippen molar-refractivity contribution in [2.45, 2.75) is 6.92 Å². The molecular weight excluding hydrogens is 613 g/mol. The van der Waals surface area contributed by atoms with Crippen molar-refractivity contribution in [1.29, 1.82) is 0 Å². The average molecular weight is 633 g/mol. The molecule has 0 aromatic heterocycles. The van der Waals surface area contributed by atoms with E-state index in [0.29, 0.717) is 16.3 Å². The number of hydrogen-bond acceptors (Lipinski definition) is 6. The number of rotatable bonds is 8. The predicted octanol–water partition coefficient (Wildman–Crippen LogP) is 5.84.